The normalized spacial score (nSPS) is 16.9. The van der Waals surface area contributed by atoms with E-state index in [1.54, 1.807) is 0 Å². The minimum Gasteiger partial charge on any atom is -0.304 e. The fourth-order valence-electron chi connectivity index (χ4n) is 3.14. The number of piperazine rings is 1. The first-order valence-corrected chi connectivity index (χ1v) is 8.72. The van der Waals surface area contributed by atoms with Gasteiger partial charge < -0.3 is 4.90 Å². The summed E-state index contributed by atoms with van der Waals surface area (Å²) in [5, 5.41) is 0. The van der Waals surface area contributed by atoms with Crippen molar-refractivity contribution in [3.8, 4) is 11.1 Å². The van der Waals surface area contributed by atoms with Crippen LogP contribution in [0.3, 0.4) is 0 Å². The number of benzene rings is 2. The van der Waals surface area contributed by atoms with Gasteiger partial charge in [0.2, 0.25) is 0 Å². The van der Waals surface area contributed by atoms with E-state index in [9.17, 15) is 0 Å². The quantitative estimate of drug-likeness (QED) is 0.834. The molecule has 2 aromatic carbocycles. The third-order valence-electron chi connectivity index (χ3n) is 4.84. The van der Waals surface area contributed by atoms with Gasteiger partial charge in [-0.3, -0.25) is 4.90 Å². The van der Waals surface area contributed by atoms with Crippen molar-refractivity contribution in [1.82, 2.24) is 9.80 Å². The Balaban J connectivity index is 1.68. The largest absolute Gasteiger partial charge is 0.304 e. The van der Waals surface area contributed by atoms with Crippen LogP contribution in [0.1, 0.15) is 30.9 Å². The number of nitrogens with zero attached hydrogens (tertiary/aromatic N) is 2. The van der Waals surface area contributed by atoms with Gasteiger partial charge in [0.05, 0.1) is 0 Å². The van der Waals surface area contributed by atoms with E-state index in [2.05, 4.69) is 79.2 Å². The summed E-state index contributed by atoms with van der Waals surface area (Å²) in [5.74, 6) is 0.575. The third-order valence-corrected chi connectivity index (χ3v) is 4.84. The van der Waals surface area contributed by atoms with Gasteiger partial charge in [0, 0.05) is 32.7 Å². The first-order valence-electron chi connectivity index (χ1n) is 8.72. The van der Waals surface area contributed by atoms with Gasteiger partial charge >= 0.3 is 0 Å². The Morgan fingerprint density at radius 3 is 2.22 bits per heavy atom. The first-order chi connectivity index (χ1) is 11.1. The van der Waals surface area contributed by atoms with Crippen molar-refractivity contribution < 1.29 is 0 Å². The van der Waals surface area contributed by atoms with Crippen LogP contribution in [0.4, 0.5) is 0 Å². The van der Waals surface area contributed by atoms with Crippen LogP contribution in [0.5, 0.6) is 0 Å². The lowest BCUT2D eigenvalue weighted by Crippen LogP contribution is -2.43. The Kier molecular flexibility index (Phi) is 5.14. The summed E-state index contributed by atoms with van der Waals surface area (Å²) in [6.45, 7) is 10.3. The Bertz CT molecular complexity index is 623. The highest BCUT2D eigenvalue weighted by atomic mass is 15.2. The standard InChI is InChI=1S/C21H28N2/c1-17(2)20-5-4-6-21(15-20)19-9-7-18(8-10-19)16-23-13-11-22(3)12-14-23/h4-10,15,17H,11-14,16H2,1-3H3. The van der Waals surface area contributed by atoms with Crippen LogP contribution in [0.25, 0.3) is 11.1 Å². The monoisotopic (exact) mass is 308 g/mol. The van der Waals surface area contributed by atoms with Gasteiger partial charge in [0.25, 0.3) is 0 Å². The molecule has 3 rings (SSSR count). The predicted molar refractivity (Wildman–Crippen MR) is 98.7 cm³/mol. The van der Waals surface area contributed by atoms with E-state index in [1.165, 1.54) is 48.4 Å². The summed E-state index contributed by atoms with van der Waals surface area (Å²) in [7, 11) is 2.21. The lowest BCUT2D eigenvalue weighted by atomic mass is 9.97. The van der Waals surface area contributed by atoms with Crippen LogP contribution in [-0.4, -0.2) is 43.0 Å². The molecule has 0 saturated carbocycles. The molecule has 0 spiro atoms. The topological polar surface area (TPSA) is 6.48 Å². The molecule has 0 bridgehead atoms. The minimum atomic E-state index is 0.575. The van der Waals surface area contributed by atoms with Crippen LogP contribution in [0, 0.1) is 0 Å². The molecule has 0 unspecified atom stereocenters. The fraction of sp³-hybridized carbons (Fsp3) is 0.429. The summed E-state index contributed by atoms with van der Waals surface area (Å²) in [6, 6.07) is 18.0. The molecular formula is C21H28N2. The van der Waals surface area contributed by atoms with Gasteiger partial charge in [0.15, 0.2) is 0 Å². The van der Waals surface area contributed by atoms with Gasteiger partial charge in [-0.1, -0.05) is 62.4 Å². The first kappa shape index (κ1) is 16.2. The number of hydrogen-bond acceptors (Lipinski definition) is 2. The lowest BCUT2D eigenvalue weighted by Gasteiger charge is -2.32. The molecular weight excluding hydrogens is 280 g/mol. The molecule has 2 aromatic rings. The summed E-state index contributed by atoms with van der Waals surface area (Å²) in [6.07, 6.45) is 0. The van der Waals surface area contributed by atoms with E-state index < -0.39 is 0 Å². The van der Waals surface area contributed by atoms with Crippen LogP contribution in [0.15, 0.2) is 48.5 Å². The SMILES string of the molecule is CC(C)c1cccc(-c2ccc(CN3CCN(C)CC3)cc2)c1. The highest BCUT2D eigenvalue weighted by molar-refractivity contribution is 5.64. The van der Waals surface area contributed by atoms with Crippen LogP contribution >= 0.6 is 0 Å². The smallest absolute Gasteiger partial charge is 0.0234 e. The van der Waals surface area contributed by atoms with Gasteiger partial charge in [0.1, 0.15) is 0 Å². The molecule has 0 atom stereocenters. The Hall–Kier alpha value is -1.64. The van der Waals surface area contributed by atoms with Gasteiger partial charge in [-0.25, -0.2) is 0 Å². The molecule has 0 radical (unpaired) electrons. The molecule has 0 aromatic heterocycles. The molecule has 0 amide bonds. The minimum absolute atomic E-state index is 0.575. The van der Waals surface area contributed by atoms with Crippen LogP contribution in [0.2, 0.25) is 0 Å². The van der Waals surface area contributed by atoms with Crippen molar-refractivity contribution in [2.45, 2.75) is 26.3 Å². The van der Waals surface area contributed by atoms with E-state index in [-0.39, 0.29) is 0 Å². The molecule has 1 aliphatic rings. The van der Waals surface area contributed by atoms with Crippen molar-refractivity contribution in [3.05, 3.63) is 59.7 Å². The maximum atomic E-state index is 2.55. The summed E-state index contributed by atoms with van der Waals surface area (Å²) >= 11 is 0. The molecule has 122 valence electrons. The van der Waals surface area contributed by atoms with Crippen molar-refractivity contribution in [2.24, 2.45) is 0 Å². The second kappa shape index (κ2) is 7.29. The molecule has 1 aliphatic heterocycles. The molecule has 1 saturated heterocycles. The van der Waals surface area contributed by atoms with Crippen molar-refractivity contribution in [2.75, 3.05) is 33.2 Å². The van der Waals surface area contributed by atoms with Crippen molar-refractivity contribution in [3.63, 3.8) is 0 Å². The second-order valence-corrected chi connectivity index (χ2v) is 7.06. The van der Waals surface area contributed by atoms with E-state index in [1.807, 2.05) is 0 Å². The molecule has 1 fully saturated rings. The molecule has 2 nitrogen and oxygen atoms in total. The molecule has 0 aliphatic carbocycles. The molecule has 1 heterocycles. The van der Waals surface area contributed by atoms with E-state index in [0.29, 0.717) is 5.92 Å². The zero-order valence-corrected chi connectivity index (χ0v) is 14.6. The van der Waals surface area contributed by atoms with Crippen LogP contribution in [-0.2, 0) is 6.54 Å². The van der Waals surface area contributed by atoms with Crippen LogP contribution < -0.4 is 0 Å². The number of rotatable bonds is 4. The molecule has 23 heavy (non-hydrogen) atoms. The van der Waals surface area contributed by atoms with E-state index >= 15 is 0 Å². The zero-order valence-electron chi connectivity index (χ0n) is 14.6. The summed E-state index contributed by atoms with van der Waals surface area (Å²) < 4.78 is 0. The Labute approximate surface area is 140 Å². The van der Waals surface area contributed by atoms with E-state index in [4.69, 9.17) is 0 Å². The average molecular weight is 308 g/mol. The average Bonchev–Trinajstić information content (AvgIpc) is 2.58. The fourth-order valence-corrected chi connectivity index (χ4v) is 3.14. The van der Waals surface area contributed by atoms with Crippen molar-refractivity contribution in [1.29, 1.82) is 0 Å². The third kappa shape index (κ3) is 4.21. The van der Waals surface area contributed by atoms with E-state index in [0.717, 1.165) is 6.54 Å². The highest BCUT2D eigenvalue weighted by Crippen LogP contribution is 2.24. The maximum Gasteiger partial charge on any atom is 0.0234 e. The number of likely N-dealkylation sites (N-methyl/N-ethyl adjacent to an activating group) is 1. The lowest BCUT2D eigenvalue weighted by molar-refractivity contribution is 0.148. The van der Waals surface area contributed by atoms with Gasteiger partial charge in [-0.2, -0.15) is 0 Å². The predicted octanol–water partition coefficient (Wildman–Crippen LogP) is 4.22. The van der Waals surface area contributed by atoms with Gasteiger partial charge in [-0.05, 0) is 35.2 Å². The second-order valence-electron chi connectivity index (χ2n) is 7.06. The summed E-state index contributed by atoms with van der Waals surface area (Å²) in [4.78, 5) is 4.95. The molecule has 0 N–H and O–H groups in total. The highest BCUT2D eigenvalue weighted by Gasteiger charge is 2.13. The Morgan fingerprint density at radius 2 is 1.57 bits per heavy atom. The molecule has 2 heteroatoms. The summed E-state index contributed by atoms with van der Waals surface area (Å²) in [5.41, 5.74) is 5.46. The zero-order chi connectivity index (χ0) is 16.2. The number of hydrogen-bond donors (Lipinski definition) is 0. The van der Waals surface area contributed by atoms with Crippen molar-refractivity contribution >= 4 is 0 Å². The maximum absolute atomic E-state index is 2.55. The Morgan fingerprint density at radius 1 is 0.870 bits per heavy atom. The van der Waals surface area contributed by atoms with Gasteiger partial charge in [-0.15, -0.1) is 0 Å².